The van der Waals surface area contributed by atoms with Crippen LogP contribution in [-0.2, 0) is 16.1 Å². The van der Waals surface area contributed by atoms with Crippen molar-refractivity contribution in [3.8, 4) is 22.6 Å². The summed E-state index contributed by atoms with van der Waals surface area (Å²) < 4.78 is 31.7. The summed E-state index contributed by atoms with van der Waals surface area (Å²) >= 11 is 0. The van der Waals surface area contributed by atoms with Crippen molar-refractivity contribution < 1.29 is 23.4 Å². The number of carbonyl (C=O) groups excluding carboxylic acids is 1. The van der Waals surface area contributed by atoms with Crippen LogP contribution in [0.15, 0.2) is 67.0 Å². The molecule has 0 saturated carbocycles. The summed E-state index contributed by atoms with van der Waals surface area (Å²) in [6.07, 6.45) is 9.91. The van der Waals surface area contributed by atoms with E-state index in [2.05, 4.69) is 4.98 Å². The van der Waals surface area contributed by atoms with E-state index in [0.717, 1.165) is 42.6 Å². The third-order valence-corrected chi connectivity index (χ3v) is 6.37. The van der Waals surface area contributed by atoms with Crippen LogP contribution in [0.25, 0.3) is 17.2 Å². The molecule has 186 valence electrons. The summed E-state index contributed by atoms with van der Waals surface area (Å²) in [5, 5.41) is 0. The number of fused-ring (bicyclic) bond motifs is 1. The molecule has 1 aromatic heterocycles. The molecule has 1 fully saturated rings. The molecule has 2 aliphatic rings. The normalized spacial score (nSPS) is 17.8. The second-order valence-electron chi connectivity index (χ2n) is 9.00. The SMILES string of the molecule is O=C(/C=C/c1cccc(F)c1)N1CCOc2c(cc(-c3cccnc3)cc2OCC2CCCCO2)C1. The van der Waals surface area contributed by atoms with E-state index in [1.807, 2.05) is 24.3 Å². The van der Waals surface area contributed by atoms with E-state index in [1.165, 1.54) is 18.2 Å². The molecule has 5 rings (SSSR count). The van der Waals surface area contributed by atoms with Crippen LogP contribution in [0.5, 0.6) is 11.5 Å². The van der Waals surface area contributed by atoms with Gasteiger partial charge in [-0.3, -0.25) is 9.78 Å². The predicted octanol–water partition coefficient (Wildman–Crippen LogP) is 5.27. The Hall–Kier alpha value is -3.71. The van der Waals surface area contributed by atoms with Gasteiger partial charge in [-0.15, -0.1) is 0 Å². The van der Waals surface area contributed by atoms with Gasteiger partial charge in [0.15, 0.2) is 11.5 Å². The highest BCUT2D eigenvalue weighted by Gasteiger charge is 2.24. The van der Waals surface area contributed by atoms with Gasteiger partial charge in [0.25, 0.3) is 0 Å². The third kappa shape index (κ3) is 5.91. The third-order valence-electron chi connectivity index (χ3n) is 6.37. The lowest BCUT2D eigenvalue weighted by Gasteiger charge is -2.24. The molecule has 36 heavy (non-hydrogen) atoms. The van der Waals surface area contributed by atoms with Crippen LogP contribution in [0.2, 0.25) is 0 Å². The number of pyridine rings is 1. The van der Waals surface area contributed by atoms with Crippen molar-refractivity contribution >= 4 is 12.0 Å². The van der Waals surface area contributed by atoms with Gasteiger partial charge in [-0.05, 0) is 66.8 Å². The largest absolute Gasteiger partial charge is 0.487 e. The molecule has 1 atom stereocenters. The number of amides is 1. The van der Waals surface area contributed by atoms with Crippen LogP contribution in [0, 0.1) is 5.82 Å². The van der Waals surface area contributed by atoms with Gasteiger partial charge in [-0.2, -0.15) is 0 Å². The average molecular weight is 489 g/mol. The quantitative estimate of drug-likeness (QED) is 0.443. The van der Waals surface area contributed by atoms with E-state index in [9.17, 15) is 9.18 Å². The summed E-state index contributed by atoms with van der Waals surface area (Å²) in [5.74, 6) is 0.796. The molecule has 7 heteroatoms. The molecule has 2 aliphatic heterocycles. The summed E-state index contributed by atoms with van der Waals surface area (Å²) in [7, 11) is 0. The zero-order valence-corrected chi connectivity index (χ0v) is 20.1. The van der Waals surface area contributed by atoms with Crippen LogP contribution in [0.4, 0.5) is 4.39 Å². The van der Waals surface area contributed by atoms with Crippen molar-refractivity contribution in [2.45, 2.75) is 31.9 Å². The number of benzene rings is 2. The Morgan fingerprint density at radius 1 is 1.14 bits per heavy atom. The van der Waals surface area contributed by atoms with Gasteiger partial charge in [-0.25, -0.2) is 4.39 Å². The lowest BCUT2D eigenvalue weighted by molar-refractivity contribution is -0.126. The lowest BCUT2D eigenvalue weighted by atomic mass is 10.0. The van der Waals surface area contributed by atoms with E-state index in [4.69, 9.17) is 14.2 Å². The molecule has 1 unspecified atom stereocenters. The van der Waals surface area contributed by atoms with Gasteiger partial charge >= 0.3 is 0 Å². The maximum absolute atomic E-state index is 13.5. The second kappa shape index (κ2) is 11.4. The Kier molecular flexibility index (Phi) is 7.57. The number of halogens is 1. The fourth-order valence-electron chi connectivity index (χ4n) is 4.48. The van der Waals surface area contributed by atoms with Gasteiger partial charge in [0.05, 0.1) is 12.6 Å². The molecule has 3 heterocycles. The minimum absolute atomic E-state index is 0.0632. The molecule has 1 saturated heterocycles. The average Bonchev–Trinajstić information content (AvgIpc) is 3.14. The predicted molar refractivity (Wildman–Crippen MR) is 135 cm³/mol. The molecule has 0 spiro atoms. The minimum atomic E-state index is -0.337. The summed E-state index contributed by atoms with van der Waals surface area (Å²) in [4.78, 5) is 19.0. The zero-order valence-electron chi connectivity index (χ0n) is 20.1. The van der Waals surface area contributed by atoms with Crippen molar-refractivity contribution in [3.63, 3.8) is 0 Å². The van der Waals surface area contributed by atoms with E-state index in [0.29, 0.717) is 43.4 Å². The Bertz CT molecular complexity index is 1230. The number of hydrogen-bond donors (Lipinski definition) is 0. The van der Waals surface area contributed by atoms with Crippen molar-refractivity contribution in [1.29, 1.82) is 0 Å². The summed E-state index contributed by atoms with van der Waals surface area (Å²) in [6, 6.07) is 14.0. The zero-order chi connectivity index (χ0) is 24.7. The first kappa shape index (κ1) is 24.0. The van der Waals surface area contributed by atoms with Gasteiger partial charge in [0, 0.05) is 42.7 Å². The number of ether oxygens (including phenoxy) is 3. The van der Waals surface area contributed by atoms with Crippen LogP contribution in [0.1, 0.15) is 30.4 Å². The highest BCUT2D eigenvalue weighted by molar-refractivity contribution is 5.92. The number of aromatic nitrogens is 1. The standard InChI is InChI=1S/C29H29FN2O4/c30-25-7-3-5-21(15-25)9-10-28(33)32-12-14-35-29-24(19-32)16-23(22-6-4-11-31-18-22)17-27(29)36-20-26-8-1-2-13-34-26/h3-7,9-11,15-18,26H,1-2,8,12-14,19-20H2/b10-9+. The number of carbonyl (C=O) groups is 1. The van der Waals surface area contributed by atoms with Crippen molar-refractivity contribution in [2.24, 2.45) is 0 Å². The molecule has 3 aromatic rings. The van der Waals surface area contributed by atoms with Crippen molar-refractivity contribution in [1.82, 2.24) is 9.88 Å². The Balaban J connectivity index is 1.40. The molecule has 0 aliphatic carbocycles. The molecule has 0 radical (unpaired) electrons. The van der Waals surface area contributed by atoms with Gasteiger partial charge in [0.1, 0.15) is 19.0 Å². The molecule has 2 aromatic carbocycles. The van der Waals surface area contributed by atoms with E-state index in [1.54, 1.807) is 35.5 Å². The van der Waals surface area contributed by atoms with Crippen LogP contribution in [0.3, 0.4) is 0 Å². The van der Waals surface area contributed by atoms with Crippen molar-refractivity contribution in [2.75, 3.05) is 26.4 Å². The van der Waals surface area contributed by atoms with Gasteiger partial charge < -0.3 is 19.1 Å². The number of hydrogen-bond acceptors (Lipinski definition) is 5. The van der Waals surface area contributed by atoms with Gasteiger partial charge in [0.2, 0.25) is 5.91 Å². The molecular formula is C29H29FN2O4. The van der Waals surface area contributed by atoms with Crippen LogP contribution in [-0.4, -0.2) is 48.3 Å². The first-order chi connectivity index (χ1) is 17.7. The Morgan fingerprint density at radius 2 is 2.08 bits per heavy atom. The smallest absolute Gasteiger partial charge is 0.246 e. The first-order valence-corrected chi connectivity index (χ1v) is 12.3. The van der Waals surface area contributed by atoms with Gasteiger partial charge in [-0.1, -0.05) is 18.2 Å². The maximum Gasteiger partial charge on any atom is 0.246 e. The number of rotatable bonds is 6. The molecule has 0 bridgehead atoms. The fourth-order valence-corrected chi connectivity index (χ4v) is 4.48. The highest BCUT2D eigenvalue weighted by atomic mass is 19.1. The Labute approximate surface area is 210 Å². The van der Waals surface area contributed by atoms with E-state index >= 15 is 0 Å². The lowest BCUT2D eigenvalue weighted by Crippen LogP contribution is -2.30. The van der Waals surface area contributed by atoms with E-state index < -0.39 is 0 Å². The second-order valence-corrected chi connectivity index (χ2v) is 9.00. The topological polar surface area (TPSA) is 60.9 Å². The highest BCUT2D eigenvalue weighted by Crippen LogP contribution is 2.39. The monoisotopic (exact) mass is 488 g/mol. The summed E-state index contributed by atoms with van der Waals surface area (Å²) in [6.45, 7) is 2.35. The minimum Gasteiger partial charge on any atom is -0.487 e. The Morgan fingerprint density at radius 3 is 2.89 bits per heavy atom. The number of nitrogens with zero attached hydrogens (tertiary/aromatic N) is 2. The first-order valence-electron chi connectivity index (χ1n) is 12.3. The summed E-state index contributed by atoms with van der Waals surface area (Å²) in [5.41, 5.74) is 3.39. The molecule has 0 N–H and O–H groups in total. The maximum atomic E-state index is 13.5. The van der Waals surface area contributed by atoms with Crippen LogP contribution < -0.4 is 9.47 Å². The molecule has 6 nitrogen and oxygen atoms in total. The molecule has 1 amide bonds. The fraction of sp³-hybridized carbons (Fsp3) is 0.310. The van der Waals surface area contributed by atoms with Crippen molar-refractivity contribution in [3.05, 3.63) is 83.9 Å². The molecular weight excluding hydrogens is 459 g/mol. The van der Waals surface area contributed by atoms with Crippen LogP contribution >= 0.6 is 0 Å². The van der Waals surface area contributed by atoms with E-state index in [-0.39, 0.29) is 17.8 Å².